The molecule has 0 atom stereocenters. The summed E-state index contributed by atoms with van der Waals surface area (Å²) in [6.07, 6.45) is 0.246. The van der Waals surface area contributed by atoms with E-state index in [1.807, 2.05) is 26.8 Å². The number of nitrogens with zero attached hydrogens (tertiary/aromatic N) is 4. The van der Waals surface area contributed by atoms with Gasteiger partial charge in [0.05, 0.1) is 6.54 Å². The molecule has 0 saturated heterocycles. The average Bonchev–Trinajstić information content (AvgIpc) is 2.95. The zero-order valence-corrected chi connectivity index (χ0v) is 13.9. The van der Waals surface area contributed by atoms with Gasteiger partial charge in [0.2, 0.25) is 11.8 Å². The summed E-state index contributed by atoms with van der Waals surface area (Å²) in [4.78, 5) is 29.8. The van der Waals surface area contributed by atoms with Crippen LogP contribution < -0.4 is 5.56 Å². The second kappa shape index (κ2) is 7.21. The van der Waals surface area contributed by atoms with Crippen LogP contribution in [0.5, 0.6) is 0 Å². The summed E-state index contributed by atoms with van der Waals surface area (Å²) in [7, 11) is 1.69. The van der Waals surface area contributed by atoms with Gasteiger partial charge in [-0.1, -0.05) is 25.1 Å². The number of carbonyl (C=O) groups is 1. The van der Waals surface area contributed by atoms with Gasteiger partial charge in [0.25, 0.3) is 5.56 Å². The van der Waals surface area contributed by atoms with Crippen LogP contribution in [0.25, 0.3) is 0 Å². The highest BCUT2D eigenvalue weighted by molar-refractivity contribution is 5.75. The molecule has 0 spiro atoms. The van der Waals surface area contributed by atoms with Crippen molar-refractivity contribution in [2.24, 2.45) is 0 Å². The summed E-state index contributed by atoms with van der Waals surface area (Å²) < 4.78 is 6.72. The van der Waals surface area contributed by atoms with Crippen LogP contribution in [0.2, 0.25) is 0 Å². The third-order valence-corrected chi connectivity index (χ3v) is 3.60. The van der Waals surface area contributed by atoms with Gasteiger partial charge in [-0.25, -0.2) is 0 Å². The molecule has 7 nitrogen and oxygen atoms in total. The van der Waals surface area contributed by atoms with Gasteiger partial charge in [-0.05, 0) is 13.0 Å². The fourth-order valence-electron chi connectivity index (χ4n) is 2.17. The molecule has 1 amide bonds. The SMILES string of the molecule is Cc1cccc(=O)n1CCC(=O)N(C)Cc1noc(C(C)C)n1. The largest absolute Gasteiger partial charge is 0.339 e. The van der Waals surface area contributed by atoms with Gasteiger partial charge in [-0.3, -0.25) is 9.59 Å². The number of rotatable bonds is 6. The minimum Gasteiger partial charge on any atom is -0.339 e. The Labute approximate surface area is 134 Å². The monoisotopic (exact) mass is 318 g/mol. The van der Waals surface area contributed by atoms with Crippen molar-refractivity contribution < 1.29 is 9.32 Å². The lowest BCUT2D eigenvalue weighted by Gasteiger charge is -2.16. The number of aryl methyl sites for hydroxylation is 1. The molecule has 0 aliphatic heterocycles. The summed E-state index contributed by atoms with van der Waals surface area (Å²) in [6.45, 7) is 6.43. The van der Waals surface area contributed by atoms with E-state index in [0.29, 0.717) is 18.3 Å². The number of aromatic nitrogens is 3. The van der Waals surface area contributed by atoms with Crippen molar-refractivity contribution >= 4 is 5.91 Å². The Morgan fingerprint density at radius 2 is 2.13 bits per heavy atom. The van der Waals surface area contributed by atoms with Crippen LogP contribution in [0.4, 0.5) is 0 Å². The lowest BCUT2D eigenvalue weighted by Crippen LogP contribution is -2.29. The summed E-state index contributed by atoms with van der Waals surface area (Å²) in [5.41, 5.74) is 0.743. The Bertz CT molecular complexity index is 733. The molecule has 2 aromatic heterocycles. The van der Waals surface area contributed by atoms with Crippen molar-refractivity contribution in [2.45, 2.75) is 46.2 Å². The smallest absolute Gasteiger partial charge is 0.250 e. The molecule has 0 bridgehead atoms. The molecule has 2 rings (SSSR count). The molecule has 2 heterocycles. The predicted molar refractivity (Wildman–Crippen MR) is 84.9 cm³/mol. The molecule has 0 fully saturated rings. The molecular formula is C16H22N4O3. The average molecular weight is 318 g/mol. The first kappa shape index (κ1) is 16.9. The van der Waals surface area contributed by atoms with Crippen molar-refractivity contribution in [3.05, 3.63) is 46.0 Å². The molecule has 2 aromatic rings. The first-order valence-corrected chi connectivity index (χ1v) is 7.61. The maximum atomic E-state index is 12.2. The molecule has 0 N–H and O–H groups in total. The van der Waals surface area contributed by atoms with Crippen LogP contribution in [-0.2, 0) is 17.9 Å². The van der Waals surface area contributed by atoms with E-state index in [0.717, 1.165) is 5.69 Å². The normalized spacial score (nSPS) is 11.0. The minimum atomic E-state index is -0.0970. The predicted octanol–water partition coefficient (Wildman–Crippen LogP) is 1.71. The number of hydrogen-bond donors (Lipinski definition) is 0. The van der Waals surface area contributed by atoms with Crippen molar-refractivity contribution in [2.75, 3.05) is 7.05 Å². The zero-order valence-electron chi connectivity index (χ0n) is 13.9. The molecule has 0 aliphatic rings. The lowest BCUT2D eigenvalue weighted by molar-refractivity contribution is -0.130. The molecule has 0 aromatic carbocycles. The molecule has 23 heavy (non-hydrogen) atoms. The Morgan fingerprint density at radius 1 is 1.39 bits per heavy atom. The summed E-state index contributed by atoms with van der Waals surface area (Å²) in [5.74, 6) is 1.13. The standard InChI is InChI=1S/C16H22N4O3/c1-11(2)16-17-13(18-23-16)10-19(4)14(21)8-9-20-12(3)6-5-7-15(20)22/h5-7,11H,8-10H2,1-4H3. The highest BCUT2D eigenvalue weighted by Crippen LogP contribution is 2.11. The van der Waals surface area contributed by atoms with Crippen LogP contribution in [0.15, 0.2) is 27.5 Å². The Balaban J connectivity index is 1.93. The van der Waals surface area contributed by atoms with E-state index >= 15 is 0 Å². The maximum Gasteiger partial charge on any atom is 0.250 e. The number of pyridine rings is 1. The van der Waals surface area contributed by atoms with E-state index in [1.54, 1.807) is 17.7 Å². The topological polar surface area (TPSA) is 81.2 Å². The molecule has 7 heteroatoms. The van der Waals surface area contributed by atoms with E-state index in [2.05, 4.69) is 10.1 Å². The molecular weight excluding hydrogens is 296 g/mol. The van der Waals surface area contributed by atoms with E-state index in [4.69, 9.17) is 4.52 Å². The van der Waals surface area contributed by atoms with Gasteiger partial charge >= 0.3 is 0 Å². The number of hydrogen-bond acceptors (Lipinski definition) is 5. The lowest BCUT2D eigenvalue weighted by atomic mass is 10.2. The Hall–Kier alpha value is -2.44. The third-order valence-electron chi connectivity index (χ3n) is 3.60. The maximum absolute atomic E-state index is 12.2. The fourth-order valence-corrected chi connectivity index (χ4v) is 2.17. The molecule has 124 valence electrons. The van der Waals surface area contributed by atoms with Crippen molar-refractivity contribution in [1.82, 2.24) is 19.6 Å². The summed E-state index contributed by atoms with van der Waals surface area (Å²) in [5, 5.41) is 3.87. The highest BCUT2D eigenvalue weighted by Gasteiger charge is 2.15. The van der Waals surface area contributed by atoms with Crippen LogP contribution in [0, 0.1) is 6.92 Å². The van der Waals surface area contributed by atoms with Crippen LogP contribution in [0.1, 0.15) is 43.6 Å². The third kappa shape index (κ3) is 4.28. The Kier molecular flexibility index (Phi) is 5.31. The second-order valence-electron chi connectivity index (χ2n) is 5.86. The van der Waals surface area contributed by atoms with Crippen molar-refractivity contribution in [1.29, 1.82) is 0 Å². The van der Waals surface area contributed by atoms with Crippen LogP contribution in [0.3, 0.4) is 0 Å². The molecule has 0 saturated carbocycles. The van der Waals surface area contributed by atoms with Gasteiger partial charge in [0.15, 0.2) is 5.82 Å². The molecule has 0 radical (unpaired) electrons. The second-order valence-corrected chi connectivity index (χ2v) is 5.86. The van der Waals surface area contributed by atoms with Crippen molar-refractivity contribution in [3.63, 3.8) is 0 Å². The van der Waals surface area contributed by atoms with E-state index < -0.39 is 0 Å². The van der Waals surface area contributed by atoms with E-state index in [-0.39, 0.29) is 30.3 Å². The number of carbonyl (C=O) groups excluding carboxylic acids is 1. The first-order chi connectivity index (χ1) is 10.9. The van der Waals surface area contributed by atoms with Gasteiger partial charge in [-0.2, -0.15) is 4.98 Å². The van der Waals surface area contributed by atoms with Crippen LogP contribution in [-0.4, -0.2) is 32.6 Å². The van der Waals surface area contributed by atoms with Crippen LogP contribution >= 0.6 is 0 Å². The quantitative estimate of drug-likeness (QED) is 0.810. The van der Waals surface area contributed by atoms with Gasteiger partial charge in [-0.15, -0.1) is 0 Å². The van der Waals surface area contributed by atoms with Gasteiger partial charge in [0, 0.05) is 37.7 Å². The molecule has 0 unspecified atom stereocenters. The fraction of sp³-hybridized carbons (Fsp3) is 0.500. The van der Waals surface area contributed by atoms with Crippen molar-refractivity contribution in [3.8, 4) is 0 Å². The van der Waals surface area contributed by atoms with E-state index in [1.165, 1.54) is 11.0 Å². The highest BCUT2D eigenvalue weighted by atomic mass is 16.5. The van der Waals surface area contributed by atoms with Gasteiger partial charge < -0.3 is 14.0 Å². The number of amides is 1. The van der Waals surface area contributed by atoms with Gasteiger partial charge in [0.1, 0.15) is 0 Å². The Morgan fingerprint density at radius 3 is 2.74 bits per heavy atom. The first-order valence-electron chi connectivity index (χ1n) is 7.61. The summed E-state index contributed by atoms with van der Waals surface area (Å²) in [6, 6.07) is 5.06. The summed E-state index contributed by atoms with van der Waals surface area (Å²) >= 11 is 0. The van der Waals surface area contributed by atoms with E-state index in [9.17, 15) is 9.59 Å². The minimum absolute atomic E-state index is 0.0731. The zero-order chi connectivity index (χ0) is 17.0. The molecule has 0 aliphatic carbocycles.